The number of rotatable bonds is 1. The summed E-state index contributed by atoms with van der Waals surface area (Å²) in [4.78, 5) is 9.32. The van der Waals surface area contributed by atoms with Gasteiger partial charge in [-0.3, -0.25) is 15.8 Å². The molecule has 0 aliphatic rings. The molecule has 0 spiro atoms. The van der Waals surface area contributed by atoms with Crippen molar-refractivity contribution in [2.45, 2.75) is 0 Å². The van der Waals surface area contributed by atoms with Crippen molar-refractivity contribution < 1.29 is 14.4 Å². The molecule has 10 heteroatoms. The van der Waals surface area contributed by atoms with Crippen molar-refractivity contribution in [3.05, 3.63) is 20.5 Å². The van der Waals surface area contributed by atoms with Gasteiger partial charge in [0.2, 0.25) is 0 Å². The molecule has 10 nitrogen and oxygen atoms in total. The first-order valence-corrected chi connectivity index (χ1v) is 3.21. The summed E-state index contributed by atoms with van der Waals surface area (Å²) >= 11 is 0. The first-order chi connectivity index (χ1) is 6.37. The van der Waals surface area contributed by atoms with Gasteiger partial charge in [-0.2, -0.15) is 9.46 Å². The summed E-state index contributed by atoms with van der Waals surface area (Å²) in [5.74, 6) is -2.51. The monoisotopic (exact) mass is 202 g/mol. The molecule has 0 aliphatic carbocycles. The van der Waals surface area contributed by atoms with Gasteiger partial charge in [0.15, 0.2) is 0 Å². The van der Waals surface area contributed by atoms with Gasteiger partial charge in [-0.25, -0.2) is 5.73 Å². The molecule has 0 amide bonds. The SMILES string of the molecule is Nc1c([N+](=O)[O-])c(N)[n+]([O-])c(N)[n+]1[O-]. The van der Waals surface area contributed by atoms with Crippen molar-refractivity contribution in [3.63, 3.8) is 0 Å². The minimum absolute atomic E-state index is 0.262. The highest BCUT2D eigenvalue weighted by Crippen LogP contribution is 2.22. The molecule has 0 fully saturated rings. The summed E-state index contributed by atoms with van der Waals surface area (Å²) < 4.78 is -0.525. The fraction of sp³-hybridized carbons (Fsp3) is 0. The van der Waals surface area contributed by atoms with Crippen LogP contribution in [0.15, 0.2) is 0 Å². The van der Waals surface area contributed by atoms with E-state index in [1.54, 1.807) is 0 Å². The molecule has 0 saturated heterocycles. The number of nitrogens with two attached hydrogens (primary N) is 3. The molecule has 1 heterocycles. The third-order valence-electron chi connectivity index (χ3n) is 1.52. The molecule has 1 aromatic heterocycles. The van der Waals surface area contributed by atoms with Crippen molar-refractivity contribution in [1.82, 2.24) is 0 Å². The van der Waals surface area contributed by atoms with Crippen LogP contribution in [0.4, 0.5) is 23.3 Å². The zero-order chi connectivity index (χ0) is 11.0. The fourth-order valence-electron chi connectivity index (χ4n) is 0.840. The molecule has 0 unspecified atom stereocenters. The number of nitrogen functional groups attached to an aromatic ring is 3. The lowest BCUT2D eigenvalue weighted by Crippen LogP contribution is -2.49. The highest BCUT2D eigenvalue weighted by atomic mass is 16.6. The highest BCUT2D eigenvalue weighted by molar-refractivity contribution is 5.61. The van der Waals surface area contributed by atoms with Crippen LogP contribution in [-0.4, -0.2) is 4.92 Å². The van der Waals surface area contributed by atoms with Crippen LogP contribution < -0.4 is 26.7 Å². The molecule has 0 saturated carbocycles. The van der Waals surface area contributed by atoms with Crippen molar-refractivity contribution in [1.29, 1.82) is 0 Å². The van der Waals surface area contributed by atoms with Gasteiger partial charge in [0.25, 0.3) is 5.82 Å². The Labute approximate surface area is 76.5 Å². The van der Waals surface area contributed by atoms with E-state index in [1.807, 2.05) is 0 Å². The van der Waals surface area contributed by atoms with E-state index in [2.05, 4.69) is 0 Å². The van der Waals surface area contributed by atoms with Crippen LogP contribution in [0.1, 0.15) is 0 Å². The van der Waals surface area contributed by atoms with E-state index in [9.17, 15) is 20.5 Å². The van der Waals surface area contributed by atoms with Gasteiger partial charge in [-0.05, 0) is 0 Å². The number of hydrogen-bond donors (Lipinski definition) is 3. The maximum atomic E-state index is 11.0. The summed E-state index contributed by atoms with van der Waals surface area (Å²) in [6.45, 7) is 0. The van der Waals surface area contributed by atoms with Crippen molar-refractivity contribution in [2.75, 3.05) is 17.2 Å². The Morgan fingerprint density at radius 1 is 1.07 bits per heavy atom. The summed E-state index contributed by atoms with van der Waals surface area (Å²) in [6.07, 6.45) is 0. The quantitative estimate of drug-likeness (QED) is 0.197. The smallest absolute Gasteiger partial charge is 0.451 e. The Balaban J connectivity index is 3.68. The molecule has 0 atom stereocenters. The maximum Gasteiger partial charge on any atom is 0.451 e. The van der Waals surface area contributed by atoms with Gasteiger partial charge >= 0.3 is 17.5 Å². The maximum absolute atomic E-state index is 11.0. The Morgan fingerprint density at radius 2 is 1.43 bits per heavy atom. The second kappa shape index (κ2) is 2.76. The van der Waals surface area contributed by atoms with Gasteiger partial charge in [0.05, 0.1) is 4.92 Å². The normalized spacial score (nSPS) is 10.0. The molecule has 1 aromatic rings. The van der Waals surface area contributed by atoms with Crippen LogP contribution in [0, 0.1) is 20.5 Å². The summed E-state index contributed by atoms with van der Waals surface area (Å²) in [6, 6.07) is 0. The van der Waals surface area contributed by atoms with E-state index in [-0.39, 0.29) is 9.46 Å². The Hall–Kier alpha value is -2.52. The first kappa shape index (κ1) is 9.57. The second-order valence-corrected chi connectivity index (χ2v) is 2.32. The van der Waals surface area contributed by atoms with E-state index >= 15 is 0 Å². The third kappa shape index (κ3) is 1.05. The van der Waals surface area contributed by atoms with Gasteiger partial charge in [-0.1, -0.05) is 0 Å². The molecular weight excluding hydrogens is 196 g/mol. The largest absolute Gasteiger partial charge is 0.706 e. The molecule has 0 bridgehead atoms. The number of hydrogen-bond acceptors (Lipinski definition) is 7. The second-order valence-electron chi connectivity index (χ2n) is 2.32. The fourth-order valence-corrected chi connectivity index (χ4v) is 0.840. The van der Waals surface area contributed by atoms with Gasteiger partial charge in [0.1, 0.15) is 0 Å². The minimum atomic E-state index is -1.03. The van der Waals surface area contributed by atoms with E-state index in [1.165, 1.54) is 0 Å². The lowest BCUT2D eigenvalue weighted by atomic mass is 10.4. The molecule has 0 aromatic carbocycles. The average Bonchev–Trinajstić information content (AvgIpc) is 2.11. The highest BCUT2D eigenvalue weighted by Gasteiger charge is 2.31. The van der Waals surface area contributed by atoms with Crippen molar-refractivity contribution in [3.8, 4) is 0 Å². The van der Waals surface area contributed by atoms with Crippen LogP contribution in [-0.2, 0) is 0 Å². The van der Waals surface area contributed by atoms with Crippen molar-refractivity contribution >= 4 is 23.3 Å². The summed E-state index contributed by atoms with van der Waals surface area (Å²) in [5, 5.41) is 32.3. The summed E-state index contributed by atoms with van der Waals surface area (Å²) in [5.41, 5.74) is 14.1. The molecule has 76 valence electrons. The van der Waals surface area contributed by atoms with E-state index < -0.39 is 28.2 Å². The molecule has 1 rings (SSSR count). The Kier molecular flexibility index (Phi) is 1.88. The molecule has 6 N–H and O–H groups in total. The number of anilines is 3. The lowest BCUT2D eigenvalue weighted by molar-refractivity contribution is -0.706. The molecule has 0 aliphatic heterocycles. The summed E-state index contributed by atoms with van der Waals surface area (Å²) in [7, 11) is 0. The van der Waals surface area contributed by atoms with Crippen LogP contribution in [0.5, 0.6) is 0 Å². The van der Waals surface area contributed by atoms with Crippen LogP contribution in [0.3, 0.4) is 0 Å². The molecule has 14 heavy (non-hydrogen) atoms. The zero-order valence-electron chi connectivity index (χ0n) is 6.71. The van der Waals surface area contributed by atoms with E-state index in [0.29, 0.717) is 0 Å². The lowest BCUT2D eigenvalue weighted by Gasteiger charge is -2.11. The van der Waals surface area contributed by atoms with E-state index in [0.717, 1.165) is 0 Å². The third-order valence-corrected chi connectivity index (χ3v) is 1.52. The van der Waals surface area contributed by atoms with Gasteiger partial charge < -0.3 is 16.1 Å². The topological polar surface area (TPSA) is 175 Å². The minimum Gasteiger partial charge on any atom is -0.706 e. The standard InChI is InChI=1S/C4H6N6O4/c5-2-1(10(13)14)3(6)9(12)4(7)8(2)11/h5-7H2. The Bertz CT molecular complexity index is 388. The predicted molar refractivity (Wildman–Crippen MR) is 44.3 cm³/mol. The average molecular weight is 202 g/mol. The number of nitrogens with zero attached hydrogens (tertiary/aromatic N) is 3. The molecular formula is C4H6N6O4. The number of nitro groups is 1. The van der Waals surface area contributed by atoms with Gasteiger partial charge in [0, 0.05) is 0 Å². The number of aromatic nitrogens is 2. The predicted octanol–water partition coefficient (Wildman–Crippen LogP) is -2.39. The van der Waals surface area contributed by atoms with Gasteiger partial charge in [-0.15, -0.1) is 0 Å². The van der Waals surface area contributed by atoms with Crippen molar-refractivity contribution in [2.24, 2.45) is 0 Å². The van der Waals surface area contributed by atoms with Crippen LogP contribution in [0.2, 0.25) is 0 Å². The molecule has 0 radical (unpaired) electrons. The Morgan fingerprint density at radius 3 is 1.71 bits per heavy atom. The zero-order valence-corrected chi connectivity index (χ0v) is 6.71. The van der Waals surface area contributed by atoms with E-state index in [4.69, 9.17) is 17.2 Å². The first-order valence-electron chi connectivity index (χ1n) is 3.21. The van der Waals surface area contributed by atoms with Crippen LogP contribution in [0.25, 0.3) is 0 Å². The van der Waals surface area contributed by atoms with Crippen LogP contribution >= 0.6 is 0 Å².